The summed E-state index contributed by atoms with van der Waals surface area (Å²) in [6.45, 7) is 1.84. The minimum absolute atomic E-state index is 0.181. The molecule has 1 amide bonds. The number of H-pyrrole nitrogens is 1. The molecule has 0 radical (unpaired) electrons. The van der Waals surface area contributed by atoms with Gasteiger partial charge in [-0.3, -0.25) is 9.78 Å². The van der Waals surface area contributed by atoms with Gasteiger partial charge in [0.25, 0.3) is 5.91 Å². The van der Waals surface area contributed by atoms with Gasteiger partial charge >= 0.3 is 0 Å². The molecule has 3 aromatic rings. The molecule has 7 nitrogen and oxygen atoms in total. The minimum Gasteiger partial charge on any atom is -0.436 e. The van der Waals surface area contributed by atoms with E-state index in [1.54, 1.807) is 36.3 Å². The molecule has 0 aliphatic heterocycles. The number of carbonyl (C=O) groups is 1. The van der Waals surface area contributed by atoms with E-state index in [4.69, 9.17) is 4.74 Å². The van der Waals surface area contributed by atoms with Crippen LogP contribution in [0.1, 0.15) is 40.5 Å². The lowest BCUT2D eigenvalue weighted by Gasteiger charge is -2.10. The lowest BCUT2D eigenvalue weighted by Crippen LogP contribution is -2.15. The van der Waals surface area contributed by atoms with Gasteiger partial charge in [0, 0.05) is 19.4 Å². The highest BCUT2D eigenvalue weighted by Gasteiger charge is 2.29. The van der Waals surface area contributed by atoms with Crippen molar-refractivity contribution in [2.45, 2.75) is 25.7 Å². The van der Waals surface area contributed by atoms with Crippen LogP contribution in [-0.2, 0) is 7.05 Å². The topological polar surface area (TPSA) is 84.8 Å². The normalized spacial score (nSPS) is 13.7. The molecule has 2 N–H and O–H groups in total. The van der Waals surface area contributed by atoms with Crippen molar-refractivity contribution in [1.82, 2.24) is 19.7 Å². The standard InChI is InChI=1S/C18H19N5O2/c1-11-15(18(23(2)22-11)25-13-4-3-8-19-10-13)21-17(24)16-14(7-9-20-16)12-5-6-12/h3-4,7-10,12,20H,5-6H2,1-2H3,(H,21,24). The number of aryl methyl sites for hydroxylation is 2. The summed E-state index contributed by atoms with van der Waals surface area (Å²) in [7, 11) is 1.78. The third kappa shape index (κ3) is 3.00. The minimum atomic E-state index is -0.181. The number of rotatable bonds is 5. The molecule has 3 heterocycles. The number of ether oxygens (including phenoxy) is 1. The predicted octanol–water partition coefficient (Wildman–Crippen LogP) is 3.37. The molecular formula is C18H19N5O2. The van der Waals surface area contributed by atoms with Crippen molar-refractivity contribution in [2.75, 3.05) is 5.32 Å². The van der Waals surface area contributed by atoms with E-state index in [-0.39, 0.29) is 5.91 Å². The first-order valence-electron chi connectivity index (χ1n) is 8.23. The molecule has 0 bridgehead atoms. The maximum Gasteiger partial charge on any atom is 0.272 e. The Kier molecular flexibility index (Phi) is 3.76. The van der Waals surface area contributed by atoms with Crippen molar-refractivity contribution in [3.05, 3.63) is 53.7 Å². The Balaban J connectivity index is 1.61. The first-order chi connectivity index (χ1) is 12.1. The van der Waals surface area contributed by atoms with Gasteiger partial charge in [-0.2, -0.15) is 5.10 Å². The summed E-state index contributed by atoms with van der Waals surface area (Å²) in [6.07, 6.45) is 7.38. The number of carbonyl (C=O) groups excluding carboxylic acids is 1. The fourth-order valence-corrected chi connectivity index (χ4v) is 2.91. The van der Waals surface area contributed by atoms with E-state index in [9.17, 15) is 4.79 Å². The molecular weight excluding hydrogens is 318 g/mol. The maximum absolute atomic E-state index is 12.7. The number of aromatic nitrogens is 4. The van der Waals surface area contributed by atoms with E-state index in [1.807, 2.05) is 19.2 Å². The second-order valence-electron chi connectivity index (χ2n) is 6.22. The van der Waals surface area contributed by atoms with Crippen LogP contribution in [0.15, 0.2) is 36.8 Å². The maximum atomic E-state index is 12.7. The summed E-state index contributed by atoms with van der Waals surface area (Å²) in [4.78, 5) is 19.8. The van der Waals surface area contributed by atoms with Crippen LogP contribution >= 0.6 is 0 Å². The fourth-order valence-electron chi connectivity index (χ4n) is 2.91. The van der Waals surface area contributed by atoms with Crippen molar-refractivity contribution in [3.8, 4) is 11.6 Å². The molecule has 0 saturated heterocycles. The Labute approximate surface area is 145 Å². The lowest BCUT2D eigenvalue weighted by molar-refractivity contribution is 0.102. The largest absolute Gasteiger partial charge is 0.436 e. The number of nitrogens with zero attached hydrogens (tertiary/aromatic N) is 3. The summed E-state index contributed by atoms with van der Waals surface area (Å²) in [6, 6.07) is 5.57. The Bertz CT molecular complexity index is 909. The molecule has 4 rings (SSSR count). The van der Waals surface area contributed by atoms with Crippen LogP contribution in [-0.4, -0.2) is 25.7 Å². The van der Waals surface area contributed by atoms with E-state index >= 15 is 0 Å². The van der Waals surface area contributed by atoms with Crippen LogP contribution in [0, 0.1) is 6.92 Å². The van der Waals surface area contributed by atoms with Gasteiger partial charge in [0.15, 0.2) is 0 Å². The second-order valence-corrected chi connectivity index (χ2v) is 6.22. The molecule has 1 aliphatic carbocycles. The van der Waals surface area contributed by atoms with Gasteiger partial charge < -0.3 is 15.0 Å². The number of anilines is 1. The first-order valence-corrected chi connectivity index (χ1v) is 8.23. The molecule has 0 aromatic carbocycles. The van der Waals surface area contributed by atoms with Gasteiger partial charge in [0.1, 0.15) is 17.1 Å². The van der Waals surface area contributed by atoms with Crippen LogP contribution < -0.4 is 10.1 Å². The Morgan fingerprint density at radius 1 is 1.40 bits per heavy atom. The van der Waals surface area contributed by atoms with Gasteiger partial charge in [-0.05, 0) is 49.4 Å². The average Bonchev–Trinajstić information content (AvgIpc) is 3.28. The molecule has 1 fully saturated rings. The fraction of sp³-hybridized carbons (Fsp3) is 0.278. The highest BCUT2D eigenvalue weighted by atomic mass is 16.5. The average molecular weight is 337 g/mol. The number of hydrogen-bond acceptors (Lipinski definition) is 4. The van der Waals surface area contributed by atoms with Gasteiger partial charge in [-0.1, -0.05) is 0 Å². The highest BCUT2D eigenvalue weighted by molar-refractivity contribution is 6.05. The smallest absolute Gasteiger partial charge is 0.272 e. The van der Waals surface area contributed by atoms with Gasteiger partial charge in [-0.15, -0.1) is 0 Å². The highest BCUT2D eigenvalue weighted by Crippen LogP contribution is 2.41. The Morgan fingerprint density at radius 3 is 2.96 bits per heavy atom. The van der Waals surface area contributed by atoms with Crippen molar-refractivity contribution in [1.29, 1.82) is 0 Å². The van der Waals surface area contributed by atoms with Crippen molar-refractivity contribution >= 4 is 11.6 Å². The van der Waals surface area contributed by atoms with Crippen LogP contribution in [0.2, 0.25) is 0 Å². The molecule has 1 saturated carbocycles. The van der Waals surface area contributed by atoms with E-state index in [2.05, 4.69) is 20.4 Å². The molecule has 0 spiro atoms. The number of pyridine rings is 1. The van der Waals surface area contributed by atoms with Crippen LogP contribution in [0.25, 0.3) is 0 Å². The Morgan fingerprint density at radius 2 is 2.24 bits per heavy atom. The van der Waals surface area contributed by atoms with E-state index in [0.29, 0.717) is 34.6 Å². The number of amides is 1. The predicted molar refractivity (Wildman–Crippen MR) is 93.0 cm³/mol. The van der Waals surface area contributed by atoms with Crippen molar-refractivity contribution in [2.24, 2.45) is 7.05 Å². The molecule has 128 valence electrons. The molecule has 0 atom stereocenters. The Hall–Kier alpha value is -3.09. The summed E-state index contributed by atoms with van der Waals surface area (Å²) >= 11 is 0. The second kappa shape index (κ2) is 6.08. The van der Waals surface area contributed by atoms with Gasteiger partial charge in [0.2, 0.25) is 5.88 Å². The van der Waals surface area contributed by atoms with E-state index < -0.39 is 0 Å². The van der Waals surface area contributed by atoms with Gasteiger partial charge in [-0.25, -0.2) is 4.68 Å². The number of hydrogen-bond donors (Lipinski definition) is 2. The first kappa shape index (κ1) is 15.4. The number of aromatic amines is 1. The molecule has 7 heteroatoms. The SMILES string of the molecule is Cc1nn(C)c(Oc2cccnc2)c1NC(=O)c1[nH]ccc1C1CC1. The number of nitrogens with one attached hydrogen (secondary N) is 2. The van der Waals surface area contributed by atoms with Crippen LogP contribution in [0.3, 0.4) is 0 Å². The molecule has 1 aliphatic rings. The van der Waals surface area contributed by atoms with E-state index in [0.717, 1.165) is 18.4 Å². The van der Waals surface area contributed by atoms with Crippen molar-refractivity contribution < 1.29 is 9.53 Å². The van der Waals surface area contributed by atoms with Crippen molar-refractivity contribution in [3.63, 3.8) is 0 Å². The quantitative estimate of drug-likeness (QED) is 0.747. The molecule has 25 heavy (non-hydrogen) atoms. The third-order valence-corrected chi connectivity index (χ3v) is 4.28. The zero-order valence-corrected chi connectivity index (χ0v) is 14.1. The zero-order valence-electron chi connectivity index (χ0n) is 14.1. The van der Waals surface area contributed by atoms with Crippen LogP contribution in [0.5, 0.6) is 11.6 Å². The van der Waals surface area contributed by atoms with Crippen LogP contribution in [0.4, 0.5) is 5.69 Å². The summed E-state index contributed by atoms with van der Waals surface area (Å²) in [5.74, 6) is 1.37. The summed E-state index contributed by atoms with van der Waals surface area (Å²) in [5, 5.41) is 7.30. The summed E-state index contributed by atoms with van der Waals surface area (Å²) < 4.78 is 7.49. The summed E-state index contributed by atoms with van der Waals surface area (Å²) in [5.41, 5.74) is 2.94. The zero-order chi connectivity index (χ0) is 17.4. The van der Waals surface area contributed by atoms with E-state index in [1.165, 1.54) is 0 Å². The lowest BCUT2D eigenvalue weighted by atomic mass is 10.1. The molecule has 3 aromatic heterocycles. The molecule has 0 unspecified atom stereocenters. The third-order valence-electron chi connectivity index (χ3n) is 4.28. The monoisotopic (exact) mass is 337 g/mol. The van der Waals surface area contributed by atoms with Gasteiger partial charge in [0.05, 0.1) is 11.9 Å².